The Labute approximate surface area is 110 Å². The van der Waals surface area contributed by atoms with Crippen LogP contribution in [-0.4, -0.2) is 5.11 Å². The smallest absolute Gasteiger partial charge is 0.137 e. The lowest BCUT2D eigenvalue weighted by atomic mass is 10.0. The van der Waals surface area contributed by atoms with Gasteiger partial charge in [-0.25, -0.2) is 0 Å². The molecule has 0 aromatic heterocycles. The number of para-hydroxylation sites is 1. The SMILES string of the molecule is CCCCCCCCCc1cccc(Cl)c1O. The summed E-state index contributed by atoms with van der Waals surface area (Å²) in [5.41, 5.74) is 0.978. The van der Waals surface area contributed by atoms with E-state index >= 15 is 0 Å². The van der Waals surface area contributed by atoms with Gasteiger partial charge in [0, 0.05) is 0 Å². The molecule has 17 heavy (non-hydrogen) atoms. The van der Waals surface area contributed by atoms with Crippen LogP contribution in [0, 0.1) is 0 Å². The van der Waals surface area contributed by atoms with Crippen LogP contribution in [0.3, 0.4) is 0 Å². The molecule has 0 aliphatic heterocycles. The number of phenolic OH excluding ortho intramolecular Hbond substituents is 1. The van der Waals surface area contributed by atoms with Crippen molar-refractivity contribution in [3.8, 4) is 5.75 Å². The monoisotopic (exact) mass is 254 g/mol. The molecule has 0 fully saturated rings. The molecule has 0 bridgehead atoms. The minimum Gasteiger partial charge on any atom is -0.506 e. The standard InChI is InChI=1S/C15H23ClO/c1-2-3-4-5-6-7-8-10-13-11-9-12-14(16)15(13)17/h9,11-12,17H,2-8,10H2,1H3. The summed E-state index contributed by atoms with van der Waals surface area (Å²) in [6.07, 6.45) is 9.98. The van der Waals surface area contributed by atoms with Crippen molar-refractivity contribution < 1.29 is 5.11 Å². The third kappa shape index (κ3) is 5.45. The topological polar surface area (TPSA) is 20.2 Å². The summed E-state index contributed by atoms with van der Waals surface area (Å²) in [6.45, 7) is 2.24. The maximum absolute atomic E-state index is 9.74. The van der Waals surface area contributed by atoms with Gasteiger partial charge in [-0.3, -0.25) is 0 Å². The fourth-order valence-corrected chi connectivity index (χ4v) is 2.23. The van der Waals surface area contributed by atoms with Gasteiger partial charge in [-0.2, -0.15) is 0 Å². The van der Waals surface area contributed by atoms with Gasteiger partial charge in [0.05, 0.1) is 5.02 Å². The lowest BCUT2D eigenvalue weighted by molar-refractivity contribution is 0.466. The van der Waals surface area contributed by atoms with Crippen molar-refractivity contribution in [3.63, 3.8) is 0 Å². The largest absolute Gasteiger partial charge is 0.506 e. The Morgan fingerprint density at radius 2 is 1.65 bits per heavy atom. The highest BCUT2D eigenvalue weighted by Gasteiger charge is 2.04. The third-order valence-electron chi connectivity index (χ3n) is 3.12. The van der Waals surface area contributed by atoms with Gasteiger partial charge >= 0.3 is 0 Å². The first-order valence-electron chi connectivity index (χ1n) is 6.72. The number of benzene rings is 1. The van der Waals surface area contributed by atoms with E-state index in [2.05, 4.69) is 6.92 Å². The van der Waals surface area contributed by atoms with Crippen molar-refractivity contribution in [3.05, 3.63) is 28.8 Å². The molecule has 0 spiro atoms. The first-order valence-corrected chi connectivity index (χ1v) is 7.10. The van der Waals surface area contributed by atoms with Crippen molar-refractivity contribution in [2.45, 2.75) is 58.3 Å². The van der Waals surface area contributed by atoms with Crippen LogP contribution in [0.5, 0.6) is 5.75 Å². The molecule has 1 aromatic carbocycles. The Bertz CT molecular complexity index is 323. The molecule has 0 atom stereocenters. The molecule has 0 amide bonds. The van der Waals surface area contributed by atoms with Gasteiger partial charge in [-0.15, -0.1) is 0 Å². The van der Waals surface area contributed by atoms with E-state index in [0.29, 0.717) is 5.02 Å². The molecule has 0 aliphatic carbocycles. The van der Waals surface area contributed by atoms with Gasteiger partial charge in [0.15, 0.2) is 0 Å². The number of rotatable bonds is 8. The Hall–Kier alpha value is -0.690. The number of aryl methyl sites for hydroxylation is 1. The van der Waals surface area contributed by atoms with Crippen LogP contribution in [0.2, 0.25) is 5.02 Å². The maximum Gasteiger partial charge on any atom is 0.137 e. The van der Waals surface area contributed by atoms with E-state index in [1.807, 2.05) is 12.1 Å². The molecule has 96 valence electrons. The normalized spacial score (nSPS) is 10.7. The van der Waals surface area contributed by atoms with E-state index in [1.54, 1.807) is 6.07 Å². The molecule has 0 unspecified atom stereocenters. The van der Waals surface area contributed by atoms with Crippen LogP contribution >= 0.6 is 11.6 Å². The molecule has 0 heterocycles. The van der Waals surface area contributed by atoms with E-state index in [1.165, 1.54) is 38.5 Å². The first kappa shape index (κ1) is 14.4. The van der Waals surface area contributed by atoms with Gasteiger partial charge in [-0.05, 0) is 24.5 Å². The van der Waals surface area contributed by atoms with Gasteiger partial charge in [0.2, 0.25) is 0 Å². The zero-order valence-corrected chi connectivity index (χ0v) is 11.5. The first-order chi connectivity index (χ1) is 8.25. The Morgan fingerprint density at radius 1 is 1.00 bits per heavy atom. The molecular formula is C15H23ClO. The Morgan fingerprint density at radius 3 is 2.35 bits per heavy atom. The second-order valence-electron chi connectivity index (χ2n) is 4.62. The predicted molar refractivity (Wildman–Crippen MR) is 74.8 cm³/mol. The number of aromatic hydroxyl groups is 1. The van der Waals surface area contributed by atoms with E-state index in [9.17, 15) is 5.11 Å². The number of halogens is 1. The van der Waals surface area contributed by atoms with Crippen LogP contribution in [0.4, 0.5) is 0 Å². The summed E-state index contributed by atoms with van der Waals surface area (Å²) < 4.78 is 0. The van der Waals surface area contributed by atoms with Crippen molar-refractivity contribution in [2.75, 3.05) is 0 Å². The molecular weight excluding hydrogens is 232 g/mol. The number of hydrogen-bond acceptors (Lipinski definition) is 1. The fourth-order valence-electron chi connectivity index (χ4n) is 2.03. The van der Waals surface area contributed by atoms with Crippen LogP contribution in [-0.2, 0) is 6.42 Å². The van der Waals surface area contributed by atoms with Crippen LogP contribution in [0.25, 0.3) is 0 Å². The summed E-state index contributed by atoms with van der Waals surface area (Å²) in [4.78, 5) is 0. The number of unbranched alkanes of at least 4 members (excludes halogenated alkanes) is 6. The van der Waals surface area contributed by atoms with Gasteiger partial charge in [-0.1, -0.05) is 69.2 Å². The van der Waals surface area contributed by atoms with E-state index < -0.39 is 0 Å². The van der Waals surface area contributed by atoms with Crippen molar-refractivity contribution >= 4 is 11.6 Å². The van der Waals surface area contributed by atoms with Crippen molar-refractivity contribution in [1.82, 2.24) is 0 Å². The highest BCUT2D eigenvalue weighted by atomic mass is 35.5. The fraction of sp³-hybridized carbons (Fsp3) is 0.600. The summed E-state index contributed by atoms with van der Waals surface area (Å²) in [5, 5.41) is 10.2. The molecule has 0 saturated carbocycles. The maximum atomic E-state index is 9.74. The Kier molecular flexibility index (Phi) is 7.11. The zero-order valence-electron chi connectivity index (χ0n) is 10.7. The van der Waals surface area contributed by atoms with Gasteiger partial charge < -0.3 is 5.11 Å². The summed E-state index contributed by atoms with van der Waals surface area (Å²) in [7, 11) is 0. The zero-order chi connectivity index (χ0) is 12.5. The summed E-state index contributed by atoms with van der Waals surface area (Å²) in [5.74, 6) is 0.264. The summed E-state index contributed by atoms with van der Waals surface area (Å²) in [6, 6.07) is 5.59. The minimum atomic E-state index is 0.264. The predicted octanol–water partition coefficient (Wildman–Crippen LogP) is 5.34. The van der Waals surface area contributed by atoms with Crippen LogP contribution in [0.1, 0.15) is 57.4 Å². The molecule has 0 radical (unpaired) electrons. The van der Waals surface area contributed by atoms with Crippen molar-refractivity contribution in [2.24, 2.45) is 0 Å². The molecule has 1 aromatic rings. The van der Waals surface area contributed by atoms with Gasteiger partial charge in [0.1, 0.15) is 5.75 Å². The molecule has 0 aliphatic rings. The molecule has 1 nitrogen and oxygen atoms in total. The second kappa shape index (κ2) is 8.41. The quantitative estimate of drug-likeness (QED) is 0.621. The molecule has 0 saturated heterocycles. The minimum absolute atomic E-state index is 0.264. The van der Waals surface area contributed by atoms with E-state index in [4.69, 9.17) is 11.6 Å². The van der Waals surface area contributed by atoms with E-state index in [0.717, 1.165) is 18.4 Å². The highest BCUT2D eigenvalue weighted by Crippen LogP contribution is 2.28. The summed E-state index contributed by atoms with van der Waals surface area (Å²) >= 11 is 5.86. The Balaban J connectivity index is 2.16. The number of hydrogen-bond donors (Lipinski definition) is 1. The lowest BCUT2D eigenvalue weighted by Gasteiger charge is -2.05. The van der Waals surface area contributed by atoms with Gasteiger partial charge in [0.25, 0.3) is 0 Å². The molecule has 2 heteroatoms. The van der Waals surface area contributed by atoms with Crippen LogP contribution < -0.4 is 0 Å². The lowest BCUT2D eigenvalue weighted by Crippen LogP contribution is -1.87. The second-order valence-corrected chi connectivity index (χ2v) is 5.03. The van der Waals surface area contributed by atoms with E-state index in [-0.39, 0.29) is 5.75 Å². The number of phenols is 1. The molecule has 1 N–H and O–H groups in total. The third-order valence-corrected chi connectivity index (χ3v) is 3.43. The average molecular weight is 255 g/mol. The van der Waals surface area contributed by atoms with Crippen molar-refractivity contribution in [1.29, 1.82) is 0 Å². The highest BCUT2D eigenvalue weighted by molar-refractivity contribution is 6.32. The molecule has 1 rings (SSSR count). The van der Waals surface area contributed by atoms with Crippen LogP contribution in [0.15, 0.2) is 18.2 Å². The average Bonchev–Trinajstić information content (AvgIpc) is 2.33.